The summed E-state index contributed by atoms with van der Waals surface area (Å²) in [6.07, 6.45) is -0.527. The quantitative estimate of drug-likeness (QED) is 0.779. The first-order valence-electron chi connectivity index (χ1n) is 5.65. The second-order valence-corrected chi connectivity index (χ2v) is 4.12. The van der Waals surface area contributed by atoms with Gasteiger partial charge in [-0.2, -0.15) is 0 Å². The highest BCUT2D eigenvalue weighted by Crippen LogP contribution is 2.18. The maximum Gasteiger partial charge on any atom is 0.255 e. The fraction of sp³-hybridized carbons (Fsp3) is 0.462. The van der Waals surface area contributed by atoms with Gasteiger partial charge in [-0.25, -0.2) is 0 Å². The molecule has 5 heteroatoms. The van der Waals surface area contributed by atoms with E-state index in [-0.39, 0.29) is 23.3 Å². The van der Waals surface area contributed by atoms with Crippen LogP contribution in [0.1, 0.15) is 22.8 Å². The third-order valence-electron chi connectivity index (χ3n) is 2.63. The summed E-state index contributed by atoms with van der Waals surface area (Å²) in [5.41, 5.74) is 1.15. The Morgan fingerprint density at radius 2 is 1.94 bits per heavy atom. The third-order valence-corrected chi connectivity index (χ3v) is 2.63. The second-order valence-electron chi connectivity index (χ2n) is 4.12. The number of amides is 1. The van der Waals surface area contributed by atoms with Crippen LogP contribution in [-0.2, 0) is 9.47 Å². The maximum atomic E-state index is 12.0. The Morgan fingerprint density at radius 3 is 2.50 bits per heavy atom. The summed E-state index contributed by atoms with van der Waals surface area (Å²) >= 11 is 0. The van der Waals surface area contributed by atoms with Crippen LogP contribution in [0.2, 0.25) is 0 Å². The largest absolute Gasteiger partial charge is 0.507 e. The Hall–Kier alpha value is -1.59. The lowest BCUT2D eigenvalue weighted by Gasteiger charge is -2.22. The molecule has 0 spiro atoms. The van der Waals surface area contributed by atoms with Crippen molar-refractivity contribution < 1.29 is 19.4 Å². The number of hydrogen-bond donors (Lipinski definition) is 2. The van der Waals surface area contributed by atoms with Crippen molar-refractivity contribution in [2.75, 3.05) is 14.2 Å². The molecule has 0 saturated carbocycles. The monoisotopic (exact) mass is 253 g/mol. The highest BCUT2D eigenvalue weighted by atomic mass is 16.7. The Balaban J connectivity index is 2.79. The average molecular weight is 253 g/mol. The van der Waals surface area contributed by atoms with Crippen molar-refractivity contribution in [3.63, 3.8) is 0 Å². The number of benzene rings is 1. The summed E-state index contributed by atoms with van der Waals surface area (Å²) in [6, 6.07) is 4.54. The number of phenols is 1. The van der Waals surface area contributed by atoms with E-state index in [0.29, 0.717) is 0 Å². The molecule has 0 aromatic heterocycles. The molecule has 0 bridgehead atoms. The van der Waals surface area contributed by atoms with E-state index in [9.17, 15) is 9.90 Å². The number of nitrogens with one attached hydrogen (secondary N) is 1. The summed E-state index contributed by atoms with van der Waals surface area (Å²) in [5, 5.41) is 12.4. The molecular formula is C13H19NO4. The number of aromatic hydroxyl groups is 1. The molecule has 1 unspecified atom stereocenters. The lowest BCUT2D eigenvalue weighted by Crippen LogP contribution is -2.42. The molecule has 0 fully saturated rings. The molecular weight excluding hydrogens is 234 g/mol. The molecule has 0 aliphatic carbocycles. The SMILES string of the molecule is COC(OC)C(C)NC(=O)c1cc(C)ccc1O. The molecule has 2 N–H and O–H groups in total. The van der Waals surface area contributed by atoms with Crippen molar-refractivity contribution in [2.45, 2.75) is 26.2 Å². The van der Waals surface area contributed by atoms with Crippen LogP contribution in [0.5, 0.6) is 5.75 Å². The molecule has 0 aliphatic rings. The molecule has 0 heterocycles. The fourth-order valence-electron chi connectivity index (χ4n) is 1.69. The molecule has 5 nitrogen and oxygen atoms in total. The second kappa shape index (κ2) is 6.37. The van der Waals surface area contributed by atoms with Crippen LogP contribution in [0.4, 0.5) is 0 Å². The Labute approximate surface area is 107 Å². The van der Waals surface area contributed by atoms with Gasteiger partial charge in [-0.05, 0) is 26.0 Å². The molecule has 1 atom stereocenters. The zero-order valence-corrected chi connectivity index (χ0v) is 11.1. The van der Waals surface area contributed by atoms with E-state index in [1.54, 1.807) is 19.1 Å². The summed E-state index contributed by atoms with van der Waals surface area (Å²) in [5.74, 6) is -0.403. The zero-order chi connectivity index (χ0) is 13.7. The molecule has 1 rings (SSSR count). The number of ether oxygens (including phenoxy) is 2. The Kier molecular flexibility index (Phi) is 5.12. The summed E-state index contributed by atoms with van der Waals surface area (Å²) in [4.78, 5) is 12.0. The number of phenolic OH excluding ortho intramolecular Hbond substituents is 1. The summed E-state index contributed by atoms with van der Waals surface area (Å²) < 4.78 is 10.1. The predicted molar refractivity (Wildman–Crippen MR) is 67.6 cm³/mol. The number of rotatable bonds is 5. The van der Waals surface area contributed by atoms with Gasteiger partial charge in [0.1, 0.15) is 5.75 Å². The Bertz CT molecular complexity index is 415. The van der Waals surface area contributed by atoms with Crippen molar-refractivity contribution in [3.8, 4) is 5.75 Å². The minimum atomic E-state index is -0.527. The number of hydrogen-bond acceptors (Lipinski definition) is 4. The van der Waals surface area contributed by atoms with Gasteiger partial charge < -0.3 is 19.9 Å². The smallest absolute Gasteiger partial charge is 0.255 e. The third kappa shape index (κ3) is 3.45. The minimum absolute atomic E-state index is 0.0447. The molecule has 1 aromatic rings. The molecule has 18 heavy (non-hydrogen) atoms. The summed E-state index contributed by atoms with van der Waals surface area (Å²) in [7, 11) is 3.00. The number of aryl methyl sites for hydroxylation is 1. The van der Waals surface area contributed by atoms with Crippen LogP contribution < -0.4 is 5.32 Å². The number of carbonyl (C=O) groups excluding carboxylic acids is 1. The van der Waals surface area contributed by atoms with E-state index in [1.165, 1.54) is 20.3 Å². The topological polar surface area (TPSA) is 67.8 Å². The van der Waals surface area contributed by atoms with E-state index in [2.05, 4.69) is 5.32 Å². The van der Waals surface area contributed by atoms with Crippen LogP contribution >= 0.6 is 0 Å². The van der Waals surface area contributed by atoms with Crippen LogP contribution in [0.3, 0.4) is 0 Å². The maximum absolute atomic E-state index is 12.0. The van der Waals surface area contributed by atoms with E-state index in [1.807, 2.05) is 6.92 Å². The first-order valence-corrected chi connectivity index (χ1v) is 5.65. The van der Waals surface area contributed by atoms with Gasteiger partial charge in [0.15, 0.2) is 6.29 Å². The lowest BCUT2D eigenvalue weighted by molar-refractivity contribution is -0.117. The van der Waals surface area contributed by atoms with Crippen LogP contribution in [0.15, 0.2) is 18.2 Å². The molecule has 1 aromatic carbocycles. The molecule has 0 saturated heterocycles. The highest BCUT2D eigenvalue weighted by Gasteiger charge is 2.20. The molecule has 0 aliphatic heterocycles. The van der Waals surface area contributed by atoms with Crippen molar-refractivity contribution in [1.82, 2.24) is 5.32 Å². The molecule has 1 amide bonds. The van der Waals surface area contributed by atoms with Gasteiger partial charge in [0.05, 0.1) is 11.6 Å². The minimum Gasteiger partial charge on any atom is -0.507 e. The van der Waals surface area contributed by atoms with E-state index in [0.717, 1.165) is 5.56 Å². The van der Waals surface area contributed by atoms with Gasteiger partial charge in [-0.3, -0.25) is 4.79 Å². The van der Waals surface area contributed by atoms with Crippen molar-refractivity contribution >= 4 is 5.91 Å². The molecule has 0 radical (unpaired) electrons. The van der Waals surface area contributed by atoms with Gasteiger partial charge in [-0.15, -0.1) is 0 Å². The fourth-order valence-corrected chi connectivity index (χ4v) is 1.69. The number of carbonyl (C=O) groups is 1. The van der Waals surface area contributed by atoms with Gasteiger partial charge in [0.25, 0.3) is 5.91 Å². The highest BCUT2D eigenvalue weighted by molar-refractivity contribution is 5.97. The zero-order valence-electron chi connectivity index (χ0n) is 11.1. The van der Waals surface area contributed by atoms with Crippen molar-refractivity contribution in [3.05, 3.63) is 29.3 Å². The van der Waals surface area contributed by atoms with Crippen LogP contribution in [0, 0.1) is 6.92 Å². The van der Waals surface area contributed by atoms with Gasteiger partial charge >= 0.3 is 0 Å². The lowest BCUT2D eigenvalue weighted by atomic mass is 10.1. The normalized spacial score (nSPS) is 12.5. The van der Waals surface area contributed by atoms with Gasteiger partial charge in [-0.1, -0.05) is 11.6 Å². The van der Waals surface area contributed by atoms with Crippen molar-refractivity contribution in [2.24, 2.45) is 0 Å². The van der Waals surface area contributed by atoms with Gasteiger partial charge in [0, 0.05) is 14.2 Å². The first kappa shape index (κ1) is 14.5. The van der Waals surface area contributed by atoms with Gasteiger partial charge in [0.2, 0.25) is 0 Å². The predicted octanol–water partition coefficient (Wildman–Crippen LogP) is 1.44. The average Bonchev–Trinajstić information content (AvgIpc) is 2.33. The van der Waals surface area contributed by atoms with E-state index >= 15 is 0 Å². The van der Waals surface area contributed by atoms with E-state index < -0.39 is 6.29 Å². The standard InChI is InChI=1S/C13H19NO4/c1-8-5-6-11(15)10(7-8)12(16)14-9(2)13(17-3)18-4/h5-7,9,13,15H,1-4H3,(H,14,16). The molecule has 100 valence electrons. The first-order chi connectivity index (χ1) is 8.49. The number of methoxy groups -OCH3 is 2. The van der Waals surface area contributed by atoms with Crippen molar-refractivity contribution in [1.29, 1.82) is 0 Å². The van der Waals surface area contributed by atoms with E-state index in [4.69, 9.17) is 9.47 Å². The van der Waals surface area contributed by atoms with Crippen LogP contribution in [-0.4, -0.2) is 37.6 Å². The van der Waals surface area contributed by atoms with Crippen LogP contribution in [0.25, 0.3) is 0 Å². The Morgan fingerprint density at radius 1 is 1.33 bits per heavy atom. The summed E-state index contributed by atoms with van der Waals surface area (Å²) in [6.45, 7) is 3.62.